The molecule has 0 saturated carbocycles. The molecule has 0 aliphatic heterocycles. The highest BCUT2D eigenvalue weighted by atomic mass is 127. The molecule has 6 heteroatoms. The van der Waals surface area contributed by atoms with Crippen molar-refractivity contribution >= 4 is 41.9 Å². The highest BCUT2D eigenvalue weighted by molar-refractivity contribution is 14.2. The summed E-state index contributed by atoms with van der Waals surface area (Å²) in [5.41, 5.74) is 0. The summed E-state index contributed by atoms with van der Waals surface area (Å²) < 4.78 is 12.5. The third-order valence-corrected chi connectivity index (χ3v) is 3.98. The van der Waals surface area contributed by atoms with E-state index in [1.165, 1.54) is 0 Å². The van der Waals surface area contributed by atoms with Gasteiger partial charge in [-0.3, -0.25) is 4.79 Å². The molecule has 16 heavy (non-hydrogen) atoms. The Morgan fingerprint density at radius 2 is 2.12 bits per heavy atom. The minimum Gasteiger partial charge on any atom is -0.583 e. The summed E-state index contributed by atoms with van der Waals surface area (Å²) in [6.07, 6.45) is 3.38. The smallest absolute Gasteiger partial charge is 0.294 e. The molecule has 0 rings (SSSR count). The first kappa shape index (κ1) is 16.2. The van der Waals surface area contributed by atoms with Gasteiger partial charge in [0.2, 0.25) is 0 Å². The number of rotatable bonds is 6. The highest BCUT2D eigenvalue weighted by Crippen LogP contribution is 2.19. The van der Waals surface area contributed by atoms with E-state index in [1.807, 2.05) is 27.7 Å². The van der Waals surface area contributed by atoms with E-state index >= 15 is 0 Å². The summed E-state index contributed by atoms with van der Waals surface area (Å²) in [6.45, 7) is 7.79. The molecule has 0 saturated heterocycles. The standard InChI is InChI=1S/C10H19IN2O2S/c1-5-6-7-12-13(16(11)15)10(14)9(4)8(2)3/h7-9H,5-6H2,1-4H3/b12-7+. The zero-order valence-electron chi connectivity index (χ0n) is 10.1. The normalized spacial score (nSPS) is 15.4. The van der Waals surface area contributed by atoms with Crippen molar-refractivity contribution in [3.05, 3.63) is 0 Å². The summed E-state index contributed by atoms with van der Waals surface area (Å²) in [5, 5.41) is 3.97. The Kier molecular flexibility index (Phi) is 8.39. The van der Waals surface area contributed by atoms with Gasteiger partial charge >= 0.3 is 0 Å². The van der Waals surface area contributed by atoms with Gasteiger partial charge in [0, 0.05) is 12.1 Å². The van der Waals surface area contributed by atoms with Crippen LogP contribution in [0.25, 0.3) is 0 Å². The summed E-state index contributed by atoms with van der Waals surface area (Å²) in [5.74, 6) is -0.135. The van der Waals surface area contributed by atoms with Gasteiger partial charge in [-0.25, -0.2) is 0 Å². The maximum absolute atomic E-state index is 11.9. The van der Waals surface area contributed by atoms with Crippen molar-refractivity contribution < 1.29 is 9.35 Å². The first-order valence-corrected chi connectivity index (χ1v) is 9.01. The number of carbonyl (C=O) groups is 1. The van der Waals surface area contributed by atoms with Crippen LogP contribution in [0.3, 0.4) is 0 Å². The molecule has 0 aromatic carbocycles. The maximum Gasteiger partial charge on any atom is 0.294 e. The minimum atomic E-state index is -1.42. The van der Waals surface area contributed by atoms with Crippen LogP contribution < -0.4 is 0 Å². The van der Waals surface area contributed by atoms with Crippen LogP contribution in [0.15, 0.2) is 5.10 Å². The summed E-state index contributed by atoms with van der Waals surface area (Å²) in [6, 6.07) is 0. The molecule has 0 fully saturated rings. The number of nitrogens with zero attached hydrogens (tertiary/aromatic N) is 2. The van der Waals surface area contributed by atoms with Gasteiger partial charge in [-0.05, 0) is 16.8 Å². The average molecular weight is 358 g/mol. The molecule has 2 atom stereocenters. The van der Waals surface area contributed by atoms with Gasteiger partial charge < -0.3 is 4.55 Å². The van der Waals surface area contributed by atoms with Crippen LogP contribution in [-0.2, 0) is 13.3 Å². The fourth-order valence-corrected chi connectivity index (χ4v) is 2.22. The van der Waals surface area contributed by atoms with Gasteiger partial charge in [0.05, 0.1) is 0 Å². The summed E-state index contributed by atoms with van der Waals surface area (Å²) >= 11 is 1.69. The molecule has 0 aromatic heterocycles. The van der Waals surface area contributed by atoms with Crippen molar-refractivity contribution in [1.29, 1.82) is 0 Å². The van der Waals surface area contributed by atoms with E-state index in [9.17, 15) is 9.35 Å². The van der Waals surface area contributed by atoms with E-state index in [4.69, 9.17) is 0 Å². The Hall–Kier alpha value is 0.180. The van der Waals surface area contributed by atoms with Gasteiger partial charge in [0.1, 0.15) is 0 Å². The zero-order valence-corrected chi connectivity index (χ0v) is 13.1. The van der Waals surface area contributed by atoms with Gasteiger partial charge in [-0.1, -0.05) is 34.1 Å². The minimum absolute atomic E-state index is 0.169. The molecule has 0 aliphatic carbocycles. The van der Waals surface area contributed by atoms with Crippen LogP contribution in [0.5, 0.6) is 0 Å². The number of hydrogen-bond acceptors (Lipinski definition) is 3. The van der Waals surface area contributed by atoms with E-state index < -0.39 is 8.53 Å². The Bertz CT molecular complexity index is 247. The molecule has 0 aliphatic rings. The Labute approximate surface area is 113 Å². The van der Waals surface area contributed by atoms with Crippen molar-refractivity contribution in [3.63, 3.8) is 0 Å². The van der Waals surface area contributed by atoms with Gasteiger partial charge in [0.15, 0.2) is 8.53 Å². The molecule has 94 valence electrons. The lowest BCUT2D eigenvalue weighted by atomic mass is 9.98. The van der Waals surface area contributed by atoms with Crippen LogP contribution in [0.1, 0.15) is 40.5 Å². The zero-order chi connectivity index (χ0) is 12.7. The van der Waals surface area contributed by atoms with Crippen molar-refractivity contribution in [3.8, 4) is 0 Å². The third kappa shape index (κ3) is 5.49. The monoisotopic (exact) mass is 358 g/mol. The molecule has 0 bridgehead atoms. The Morgan fingerprint density at radius 1 is 1.56 bits per heavy atom. The molecular weight excluding hydrogens is 339 g/mol. The number of unbranched alkanes of at least 4 members (excludes halogenated alkanes) is 1. The fourth-order valence-electron chi connectivity index (χ4n) is 0.885. The predicted octanol–water partition coefficient (Wildman–Crippen LogP) is 2.91. The summed E-state index contributed by atoms with van der Waals surface area (Å²) in [7, 11) is -1.42. The lowest BCUT2D eigenvalue weighted by Gasteiger charge is -2.20. The quantitative estimate of drug-likeness (QED) is 0.317. The van der Waals surface area contributed by atoms with Crippen LogP contribution in [-0.4, -0.2) is 21.1 Å². The number of hydrogen-bond donors (Lipinski definition) is 0. The fraction of sp³-hybridized carbons (Fsp3) is 0.800. The van der Waals surface area contributed by atoms with E-state index in [0.29, 0.717) is 0 Å². The van der Waals surface area contributed by atoms with Crippen molar-refractivity contribution in [1.82, 2.24) is 4.41 Å². The Morgan fingerprint density at radius 3 is 2.50 bits per heavy atom. The molecule has 2 unspecified atom stereocenters. The van der Waals surface area contributed by atoms with E-state index in [1.54, 1.807) is 27.4 Å². The number of carbonyl (C=O) groups excluding carboxylic acids is 1. The number of halogens is 1. The summed E-state index contributed by atoms with van der Waals surface area (Å²) in [4.78, 5) is 11.9. The number of amides is 1. The largest absolute Gasteiger partial charge is 0.583 e. The molecule has 0 heterocycles. The highest BCUT2D eigenvalue weighted by Gasteiger charge is 2.30. The first-order chi connectivity index (χ1) is 7.41. The van der Waals surface area contributed by atoms with Crippen LogP contribution >= 0.6 is 21.2 Å². The lowest BCUT2D eigenvalue weighted by molar-refractivity contribution is -0.131. The van der Waals surface area contributed by atoms with Crippen molar-refractivity contribution in [2.45, 2.75) is 40.5 Å². The average Bonchev–Trinajstić information content (AvgIpc) is 2.21. The Balaban J connectivity index is 4.59. The van der Waals surface area contributed by atoms with E-state index in [-0.39, 0.29) is 17.7 Å². The van der Waals surface area contributed by atoms with Crippen LogP contribution in [0, 0.1) is 11.8 Å². The van der Waals surface area contributed by atoms with Crippen molar-refractivity contribution in [2.75, 3.05) is 0 Å². The molecule has 0 N–H and O–H groups in total. The SMILES string of the molecule is CCC/C=N/N(C(=O)C(C)C(C)C)[S+]([O-])I. The van der Waals surface area contributed by atoms with Gasteiger partial charge in [-0.15, -0.1) is 5.10 Å². The van der Waals surface area contributed by atoms with Crippen molar-refractivity contribution in [2.24, 2.45) is 16.9 Å². The maximum atomic E-state index is 11.9. The second-order valence-corrected chi connectivity index (χ2v) is 6.96. The second-order valence-electron chi connectivity index (χ2n) is 3.94. The van der Waals surface area contributed by atoms with Crippen LogP contribution in [0.4, 0.5) is 0 Å². The number of hydrazone groups is 1. The molecule has 4 nitrogen and oxygen atoms in total. The predicted molar refractivity (Wildman–Crippen MR) is 76.4 cm³/mol. The van der Waals surface area contributed by atoms with E-state index in [0.717, 1.165) is 17.3 Å². The molecule has 0 radical (unpaired) electrons. The molecule has 0 spiro atoms. The molecule has 0 aromatic rings. The first-order valence-electron chi connectivity index (χ1n) is 5.36. The third-order valence-electron chi connectivity index (χ3n) is 2.32. The second kappa shape index (κ2) is 8.30. The van der Waals surface area contributed by atoms with Gasteiger partial charge in [-0.2, -0.15) is 0 Å². The van der Waals surface area contributed by atoms with Crippen LogP contribution in [0.2, 0.25) is 0 Å². The molecule has 1 amide bonds. The van der Waals surface area contributed by atoms with E-state index in [2.05, 4.69) is 5.10 Å². The van der Waals surface area contributed by atoms with Gasteiger partial charge in [0.25, 0.3) is 27.1 Å². The topological polar surface area (TPSA) is 55.7 Å². The molecular formula is C10H19IN2O2S. The lowest BCUT2D eigenvalue weighted by Crippen LogP contribution is -2.35.